The van der Waals surface area contributed by atoms with Crippen molar-refractivity contribution >= 4 is 23.2 Å². The van der Waals surface area contributed by atoms with Crippen molar-refractivity contribution in [1.29, 1.82) is 0 Å². The summed E-state index contributed by atoms with van der Waals surface area (Å²) < 4.78 is 0. The van der Waals surface area contributed by atoms with Crippen molar-refractivity contribution in [3.8, 4) is 0 Å². The van der Waals surface area contributed by atoms with Crippen LogP contribution in [-0.2, 0) is 6.54 Å². The molecule has 29 heavy (non-hydrogen) atoms. The van der Waals surface area contributed by atoms with Gasteiger partial charge in [0.2, 0.25) is 0 Å². The summed E-state index contributed by atoms with van der Waals surface area (Å²) in [5.41, 5.74) is 10.1. The Morgan fingerprint density at radius 1 is 0.931 bits per heavy atom. The SMILES string of the molecule is NC(CC1CN(Cc2ccccc2)CC1c1ccc(Cl)cc1)c1ccc(Cl)cn1. The molecule has 2 heterocycles. The zero-order chi connectivity index (χ0) is 20.2. The van der Waals surface area contributed by atoms with Gasteiger partial charge >= 0.3 is 0 Å². The molecule has 2 aromatic carbocycles. The van der Waals surface area contributed by atoms with Crippen molar-refractivity contribution in [2.75, 3.05) is 13.1 Å². The van der Waals surface area contributed by atoms with Crippen LogP contribution in [0.5, 0.6) is 0 Å². The van der Waals surface area contributed by atoms with Gasteiger partial charge in [0.15, 0.2) is 0 Å². The van der Waals surface area contributed by atoms with Crippen molar-refractivity contribution in [1.82, 2.24) is 9.88 Å². The number of rotatable bonds is 6. The molecule has 0 saturated carbocycles. The summed E-state index contributed by atoms with van der Waals surface area (Å²) in [5.74, 6) is 0.877. The van der Waals surface area contributed by atoms with Crippen LogP contribution in [0.4, 0.5) is 0 Å². The van der Waals surface area contributed by atoms with E-state index in [0.717, 1.165) is 36.8 Å². The van der Waals surface area contributed by atoms with Gasteiger partial charge in [0, 0.05) is 42.8 Å². The van der Waals surface area contributed by atoms with E-state index in [9.17, 15) is 0 Å². The number of nitrogens with zero attached hydrogens (tertiary/aromatic N) is 2. The maximum atomic E-state index is 6.54. The summed E-state index contributed by atoms with van der Waals surface area (Å²) in [6, 6.07) is 22.6. The molecule has 1 fully saturated rings. The normalized spacial score (nSPS) is 20.7. The lowest BCUT2D eigenvalue weighted by Crippen LogP contribution is -2.22. The number of nitrogens with two attached hydrogens (primary N) is 1. The average Bonchev–Trinajstić information content (AvgIpc) is 3.11. The second-order valence-corrected chi connectivity index (χ2v) is 8.71. The molecular formula is C24H25Cl2N3. The Kier molecular flexibility index (Phi) is 6.51. The van der Waals surface area contributed by atoms with Crippen LogP contribution in [0.2, 0.25) is 10.0 Å². The summed E-state index contributed by atoms with van der Waals surface area (Å²) in [6.45, 7) is 2.99. The highest BCUT2D eigenvalue weighted by Gasteiger charge is 2.35. The highest BCUT2D eigenvalue weighted by molar-refractivity contribution is 6.30. The van der Waals surface area contributed by atoms with Crippen LogP contribution in [0.15, 0.2) is 72.9 Å². The van der Waals surface area contributed by atoms with E-state index in [0.29, 0.717) is 16.9 Å². The molecular weight excluding hydrogens is 401 g/mol. The van der Waals surface area contributed by atoms with Crippen molar-refractivity contribution in [3.63, 3.8) is 0 Å². The number of hydrogen-bond donors (Lipinski definition) is 1. The Labute approximate surface area is 182 Å². The first-order valence-corrected chi connectivity index (χ1v) is 10.7. The molecule has 5 heteroatoms. The predicted octanol–water partition coefficient (Wildman–Crippen LogP) is 5.69. The minimum absolute atomic E-state index is 0.108. The van der Waals surface area contributed by atoms with Crippen molar-refractivity contribution in [2.24, 2.45) is 11.7 Å². The number of hydrogen-bond acceptors (Lipinski definition) is 3. The monoisotopic (exact) mass is 425 g/mol. The second kappa shape index (κ2) is 9.27. The fraction of sp³-hybridized carbons (Fsp3) is 0.292. The molecule has 1 aliphatic heterocycles. The molecule has 3 nitrogen and oxygen atoms in total. The fourth-order valence-electron chi connectivity index (χ4n) is 4.31. The Morgan fingerprint density at radius 3 is 2.34 bits per heavy atom. The Bertz CT molecular complexity index is 913. The predicted molar refractivity (Wildman–Crippen MR) is 120 cm³/mol. The largest absolute Gasteiger partial charge is 0.323 e. The van der Waals surface area contributed by atoms with Crippen LogP contribution >= 0.6 is 23.2 Å². The Balaban J connectivity index is 1.52. The van der Waals surface area contributed by atoms with E-state index < -0.39 is 0 Å². The van der Waals surface area contributed by atoms with Crippen molar-refractivity contribution in [3.05, 3.63) is 99.8 Å². The van der Waals surface area contributed by atoms with Gasteiger partial charge in [0.05, 0.1) is 10.7 Å². The van der Waals surface area contributed by atoms with E-state index >= 15 is 0 Å². The Hall–Kier alpha value is -1.91. The summed E-state index contributed by atoms with van der Waals surface area (Å²) in [6.07, 6.45) is 2.55. The summed E-state index contributed by atoms with van der Waals surface area (Å²) in [4.78, 5) is 6.96. The van der Waals surface area contributed by atoms with Gasteiger partial charge in [-0.05, 0) is 47.7 Å². The molecule has 3 unspecified atom stereocenters. The van der Waals surface area contributed by atoms with Crippen LogP contribution < -0.4 is 5.73 Å². The van der Waals surface area contributed by atoms with Gasteiger partial charge in [-0.2, -0.15) is 0 Å². The molecule has 3 atom stereocenters. The highest BCUT2D eigenvalue weighted by Crippen LogP contribution is 2.38. The number of benzene rings is 2. The average molecular weight is 426 g/mol. The van der Waals surface area contributed by atoms with Gasteiger partial charge in [-0.15, -0.1) is 0 Å². The quantitative estimate of drug-likeness (QED) is 0.550. The lowest BCUT2D eigenvalue weighted by molar-refractivity contribution is 0.309. The molecule has 0 bridgehead atoms. The van der Waals surface area contributed by atoms with Crippen LogP contribution in [0.1, 0.15) is 35.2 Å². The van der Waals surface area contributed by atoms with Gasteiger partial charge < -0.3 is 5.73 Å². The molecule has 150 valence electrons. The standard InChI is InChI=1S/C24H25Cl2N3/c25-20-8-6-18(7-9-20)22-16-29(14-17-4-2-1-3-5-17)15-19(22)12-23(27)24-11-10-21(26)13-28-24/h1-11,13,19,22-23H,12,14-16,27H2. The lowest BCUT2D eigenvalue weighted by Gasteiger charge is -2.22. The van der Waals surface area contributed by atoms with Crippen molar-refractivity contribution < 1.29 is 0 Å². The maximum Gasteiger partial charge on any atom is 0.0589 e. The molecule has 1 saturated heterocycles. The van der Waals surface area contributed by atoms with Crippen LogP contribution in [0, 0.1) is 5.92 Å². The number of likely N-dealkylation sites (tertiary alicyclic amines) is 1. The molecule has 3 aromatic rings. The first-order chi connectivity index (χ1) is 14.1. The molecule has 4 rings (SSSR count). The zero-order valence-electron chi connectivity index (χ0n) is 16.2. The third-order valence-electron chi connectivity index (χ3n) is 5.75. The topological polar surface area (TPSA) is 42.1 Å². The van der Waals surface area contributed by atoms with Crippen LogP contribution in [0.25, 0.3) is 0 Å². The highest BCUT2D eigenvalue weighted by atomic mass is 35.5. The number of aromatic nitrogens is 1. The van der Waals surface area contributed by atoms with Crippen molar-refractivity contribution in [2.45, 2.75) is 24.9 Å². The molecule has 0 spiro atoms. The minimum Gasteiger partial charge on any atom is -0.323 e. The summed E-state index contributed by atoms with van der Waals surface area (Å²) in [7, 11) is 0. The van der Waals surface area contributed by atoms with E-state index in [1.807, 2.05) is 24.3 Å². The molecule has 0 amide bonds. The van der Waals surface area contributed by atoms with E-state index in [1.54, 1.807) is 6.20 Å². The smallest absolute Gasteiger partial charge is 0.0589 e. The molecule has 1 aliphatic rings. The summed E-state index contributed by atoms with van der Waals surface area (Å²) in [5, 5.41) is 1.40. The Morgan fingerprint density at radius 2 is 1.66 bits per heavy atom. The van der Waals surface area contributed by atoms with Gasteiger partial charge in [0.1, 0.15) is 0 Å². The molecule has 0 radical (unpaired) electrons. The number of pyridine rings is 1. The van der Waals surface area contributed by atoms with Gasteiger partial charge in [0.25, 0.3) is 0 Å². The first kappa shape index (κ1) is 20.4. The van der Waals surface area contributed by atoms with E-state index in [2.05, 4.69) is 52.3 Å². The van der Waals surface area contributed by atoms with Gasteiger partial charge in [-0.25, -0.2) is 0 Å². The number of halogens is 2. The lowest BCUT2D eigenvalue weighted by atomic mass is 9.84. The fourth-order valence-corrected chi connectivity index (χ4v) is 4.55. The summed E-state index contributed by atoms with van der Waals surface area (Å²) >= 11 is 12.1. The third kappa shape index (κ3) is 5.18. The third-order valence-corrected chi connectivity index (χ3v) is 6.23. The van der Waals surface area contributed by atoms with Crippen LogP contribution in [0.3, 0.4) is 0 Å². The van der Waals surface area contributed by atoms with Crippen LogP contribution in [-0.4, -0.2) is 23.0 Å². The van der Waals surface area contributed by atoms with E-state index in [1.165, 1.54) is 11.1 Å². The molecule has 2 N–H and O–H groups in total. The zero-order valence-corrected chi connectivity index (χ0v) is 17.7. The second-order valence-electron chi connectivity index (χ2n) is 7.84. The van der Waals surface area contributed by atoms with Gasteiger partial charge in [-0.1, -0.05) is 65.7 Å². The van der Waals surface area contributed by atoms with E-state index in [4.69, 9.17) is 28.9 Å². The first-order valence-electron chi connectivity index (χ1n) is 9.97. The maximum absolute atomic E-state index is 6.54. The van der Waals surface area contributed by atoms with Gasteiger partial charge in [-0.3, -0.25) is 9.88 Å². The minimum atomic E-state index is -0.108. The molecule has 0 aliphatic carbocycles. The molecule has 1 aromatic heterocycles. The van der Waals surface area contributed by atoms with E-state index in [-0.39, 0.29) is 6.04 Å².